The van der Waals surface area contributed by atoms with Crippen LogP contribution >= 0.6 is 11.8 Å². The first kappa shape index (κ1) is 24.6. The van der Waals surface area contributed by atoms with Crippen LogP contribution in [0.25, 0.3) is 0 Å². The molecular weight excluding hydrogens is 454 g/mol. The van der Waals surface area contributed by atoms with Gasteiger partial charge in [-0.05, 0) is 36.2 Å². The minimum absolute atomic E-state index is 0.0164. The molecule has 2 aliphatic rings. The quantitative estimate of drug-likeness (QED) is 0.493. The van der Waals surface area contributed by atoms with Crippen molar-refractivity contribution in [1.82, 2.24) is 4.90 Å². The van der Waals surface area contributed by atoms with Crippen molar-refractivity contribution < 1.29 is 28.5 Å². The van der Waals surface area contributed by atoms with Crippen LogP contribution in [0.1, 0.15) is 42.1 Å². The number of hydrogen-bond donors (Lipinski definition) is 0. The van der Waals surface area contributed by atoms with Gasteiger partial charge in [0.2, 0.25) is 0 Å². The van der Waals surface area contributed by atoms with E-state index in [2.05, 4.69) is 0 Å². The topological polar surface area (TPSA) is 74.3 Å². The summed E-state index contributed by atoms with van der Waals surface area (Å²) >= 11 is 1.26. The monoisotopic (exact) mass is 485 g/mol. The highest BCUT2D eigenvalue weighted by Gasteiger charge is 2.54. The third-order valence-corrected chi connectivity index (χ3v) is 7.45. The van der Waals surface area contributed by atoms with Gasteiger partial charge in [-0.15, -0.1) is 0 Å². The van der Waals surface area contributed by atoms with E-state index in [1.807, 2.05) is 54.3 Å². The van der Waals surface area contributed by atoms with Gasteiger partial charge in [0.25, 0.3) is 5.24 Å². The molecule has 1 unspecified atom stereocenters. The summed E-state index contributed by atoms with van der Waals surface area (Å²) in [6.45, 7) is 2.47. The van der Waals surface area contributed by atoms with E-state index in [4.69, 9.17) is 18.9 Å². The molecule has 0 N–H and O–H groups in total. The summed E-state index contributed by atoms with van der Waals surface area (Å²) in [6.07, 6.45) is 1.17. The summed E-state index contributed by atoms with van der Waals surface area (Å²) < 4.78 is 23.7. The number of rotatable bonds is 8. The highest BCUT2D eigenvalue weighted by molar-refractivity contribution is 8.13. The molecule has 2 fully saturated rings. The van der Waals surface area contributed by atoms with E-state index < -0.39 is 5.79 Å². The number of ether oxygens (including phenoxy) is 4. The van der Waals surface area contributed by atoms with Crippen LogP contribution in [0, 0.1) is 0 Å². The van der Waals surface area contributed by atoms with E-state index in [0.29, 0.717) is 30.7 Å². The van der Waals surface area contributed by atoms with Crippen molar-refractivity contribution >= 4 is 23.0 Å². The number of amides is 1. The lowest BCUT2D eigenvalue weighted by molar-refractivity contribution is -0.303. The van der Waals surface area contributed by atoms with E-state index >= 15 is 0 Å². The zero-order valence-electron chi connectivity index (χ0n) is 19.8. The van der Waals surface area contributed by atoms with Crippen LogP contribution < -0.4 is 4.74 Å². The number of benzene rings is 2. The van der Waals surface area contributed by atoms with Crippen LogP contribution in [-0.2, 0) is 20.8 Å². The highest BCUT2D eigenvalue weighted by atomic mass is 32.2. The molecule has 8 heteroatoms. The smallest absolute Gasteiger partial charge is 0.338 e. The summed E-state index contributed by atoms with van der Waals surface area (Å²) in [7, 11) is 3.23. The molecule has 2 heterocycles. The third kappa shape index (κ3) is 5.24. The maximum absolute atomic E-state index is 12.9. The molecule has 1 amide bonds. The lowest BCUT2D eigenvalue weighted by atomic mass is 9.91. The van der Waals surface area contributed by atoms with Gasteiger partial charge in [-0.1, -0.05) is 49.0 Å². The second-order valence-corrected chi connectivity index (χ2v) is 9.54. The predicted molar refractivity (Wildman–Crippen MR) is 130 cm³/mol. The number of hydrogen-bond acceptors (Lipinski definition) is 7. The maximum atomic E-state index is 12.9. The van der Waals surface area contributed by atoms with Gasteiger partial charge in [0.15, 0.2) is 5.79 Å². The van der Waals surface area contributed by atoms with Gasteiger partial charge >= 0.3 is 5.97 Å². The van der Waals surface area contributed by atoms with Crippen molar-refractivity contribution in [1.29, 1.82) is 0 Å². The molecule has 0 radical (unpaired) electrons. The summed E-state index contributed by atoms with van der Waals surface area (Å²) in [6, 6.07) is 16.3. The predicted octanol–water partition coefficient (Wildman–Crippen LogP) is 4.89. The summed E-state index contributed by atoms with van der Waals surface area (Å²) in [5.74, 6) is -0.121. The number of carbonyl (C=O) groups is 2. The van der Waals surface area contributed by atoms with E-state index in [1.165, 1.54) is 11.8 Å². The summed E-state index contributed by atoms with van der Waals surface area (Å²) in [5.41, 5.74) is 1.50. The van der Waals surface area contributed by atoms with Gasteiger partial charge in [0.1, 0.15) is 11.9 Å². The minimum Gasteiger partial charge on any atom is -0.497 e. The molecule has 2 saturated heterocycles. The van der Waals surface area contributed by atoms with Crippen molar-refractivity contribution in [2.75, 3.05) is 20.0 Å². The number of nitrogens with zero attached hydrogens (tertiary/aromatic N) is 1. The molecule has 2 aromatic carbocycles. The Morgan fingerprint density at radius 3 is 2.53 bits per heavy atom. The molecule has 4 atom stereocenters. The molecular formula is C26H31NO6S. The zero-order valence-corrected chi connectivity index (χ0v) is 20.6. The van der Waals surface area contributed by atoms with E-state index in [1.54, 1.807) is 26.4 Å². The summed E-state index contributed by atoms with van der Waals surface area (Å²) in [5, 5.41) is -0.0164. The van der Waals surface area contributed by atoms with Crippen LogP contribution in [0.15, 0.2) is 54.6 Å². The van der Waals surface area contributed by atoms with Crippen molar-refractivity contribution in [3.05, 3.63) is 65.7 Å². The highest BCUT2D eigenvalue weighted by Crippen LogP contribution is 2.42. The SMILES string of the molecule is CC[C@@H]1CC(OC(=O)c2ccccc2)C[C@](OC)([C@@H]2CSC(=O)N2Cc2ccc(OC)cc2)O1. The Hall–Kier alpha value is -2.55. The van der Waals surface area contributed by atoms with Gasteiger partial charge in [0, 0.05) is 32.2 Å². The molecule has 0 bridgehead atoms. The lowest BCUT2D eigenvalue weighted by Gasteiger charge is -2.48. The molecule has 34 heavy (non-hydrogen) atoms. The standard InChI is InChI=1S/C26H31NO6S/c1-4-20-14-22(32-24(28)19-8-6-5-7-9-19)15-26(31-3,33-20)23-17-34-25(29)27(23)16-18-10-12-21(30-2)13-11-18/h5-13,20,22-23H,4,14-17H2,1-3H3/t20-,22?,23+,26-/m1/s1. The zero-order chi connectivity index (χ0) is 24.1. The molecule has 7 nitrogen and oxygen atoms in total. The first-order valence-corrected chi connectivity index (χ1v) is 12.5. The molecule has 0 aliphatic carbocycles. The van der Waals surface area contributed by atoms with E-state index in [9.17, 15) is 9.59 Å². The molecule has 2 aliphatic heterocycles. The Morgan fingerprint density at radius 1 is 1.15 bits per heavy atom. The Balaban J connectivity index is 1.55. The Bertz CT molecular complexity index is 985. The molecule has 2 aromatic rings. The lowest BCUT2D eigenvalue weighted by Crippen LogP contribution is -2.60. The largest absolute Gasteiger partial charge is 0.497 e. The molecule has 4 rings (SSSR count). The van der Waals surface area contributed by atoms with Crippen LogP contribution in [0.5, 0.6) is 5.75 Å². The van der Waals surface area contributed by atoms with Crippen molar-refractivity contribution in [2.45, 2.75) is 56.8 Å². The Labute approximate surface area is 204 Å². The van der Waals surface area contributed by atoms with Gasteiger partial charge in [-0.25, -0.2) is 4.79 Å². The summed E-state index contributed by atoms with van der Waals surface area (Å²) in [4.78, 5) is 27.4. The average molecular weight is 486 g/mol. The van der Waals surface area contributed by atoms with Crippen molar-refractivity contribution in [2.24, 2.45) is 0 Å². The maximum Gasteiger partial charge on any atom is 0.338 e. The van der Waals surface area contributed by atoms with Crippen LogP contribution in [0.3, 0.4) is 0 Å². The number of carbonyl (C=O) groups excluding carboxylic acids is 2. The third-order valence-electron chi connectivity index (χ3n) is 6.48. The average Bonchev–Trinajstić information content (AvgIpc) is 3.25. The second kappa shape index (κ2) is 10.8. The second-order valence-electron chi connectivity index (χ2n) is 8.57. The van der Waals surface area contributed by atoms with Gasteiger partial charge in [-0.3, -0.25) is 4.79 Å². The van der Waals surface area contributed by atoms with Gasteiger partial charge in [-0.2, -0.15) is 0 Å². The normalized spacial score (nSPS) is 27.0. The van der Waals surface area contributed by atoms with Gasteiger partial charge in [0.05, 0.1) is 24.8 Å². The van der Waals surface area contributed by atoms with Crippen molar-refractivity contribution in [3.63, 3.8) is 0 Å². The minimum atomic E-state index is -1.06. The molecule has 182 valence electrons. The Kier molecular flexibility index (Phi) is 7.80. The van der Waals surface area contributed by atoms with Crippen LogP contribution in [0.2, 0.25) is 0 Å². The van der Waals surface area contributed by atoms with Gasteiger partial charge < -0.3 is 23.8 Å². The van der Waals surface area contributed by atoms with Crippen LogP contribution in [0.4, 0.5) is 4.79 Å². The fourth-order valence-corrected chi connectivity index (χ4v) is 5.70. The fourth-order valence-electron chi connectivity index (χ4n) is 4.60. The molecule has 0 spiro atoms. The van der Waals surface area contributed by atoms with E-state index in [-0.39, 0.29) is 29.5 Å². The number of esters is 1. The van der Waals surface area contributed by atoms with Crippen LogP contribution in [-0.4, -0.2) is 60.1 Å². The first-order valence-electron chi connectivity index (χ1n) is 11.5. The molecule has 0 saturated carbocycles. The van der Waals surface area contributed by atoms with Crippen molar-refractivity contribution in [3.8, 4) is 5.75 Å². The van der Waals surface area contributed by atoms with E-state index in [0.717, 1.165) is 17.7 Å². The fraction of sp³-hybridized carbons (Fsp3) is 0.462. The molecule has 0 aromatic heterocycles. The first-order chi connectivity index (χ1) is 16.5. The number of thioether (sulfide) groups is 1. The number of methoxy groups -OCH3 is 2. The Morgan fingerprint density at radius 2 is 1.88 bits per heavy atom.